The number of fused-ring (bicyclic) bond motifs is 2. The number of halogens is 1. The lowest BCUT2D eigenvalue weighted by atomic mass is 9.82. The van der Waals surface area contributed by atoms with Gasteiger partial charge >= 0.3 is 0 Å². The fourth-order valence-electron chi connectivity index (χ4n) is 4.89. The first-order valence-corrected chi connectivity index (χ1v) is 12.8. The largest absolute Gasteiger partial charge is 0.368 e. The van der Waals surface area contributed by atoms with Crippen molar-refractivity contribution in [1.82, 2.24) is 5.32 Å². The molecule has 1 aromatic carbocycles. The number of nitrogens with one attached hydrogen (secondary N) is 1. The highest BCUT2D eigenvalue weighted by Crippen LogP contribution is 2.42. The van der Waals surface area contributed by atoms with E-state index in [0.29, 0.717) is 5.92 Å². The maximum absolute atomic E-state index is 6.36. The summed E-state index contributed by atoms with van der Waals surface area (Å²) < 4.78 is 0. The fourth-order valence-corrected chi connectivity index (χ4v) is 5.09. The average molecular weight is 460 g/mol. The zero-order valence-electron chi connectivity index (χ0n) is 19.9. The number of benzene rings is 1. The Bertz CT molecular complexity index is 957. The third kappa shape index (κ3) is 7.79. The first kappa shape index (κ1) is 25.1. The van der Waals surface area contributed by atoms with Gasteiger partial charge in [0.15, 0.2) is 0 Å². The van der Waals surface area contributed by atoms with E-state index in [4.69, 9.17) is 11.6 Å². The molecule has 174 valence electrons. The molecule has 0 saturated heterocycles. The third-order valence-electron chi connectivity index (χ3n) is 6.65. The number of allylic oxidation sites excluding steroid dienone is 10. The Morgan fingerprint density at radius 2 is 1.70 bits per heavy atom. The molecule has 0 fully saturated rings. The Hall–Kier alpha value is -2.51. The van der Waals surface area contributed by atoms with E-state index >= 15 is 0 Å². The topological polar surface area (TPSA) is 12.0 Å². The molecular weight excluding hydrogens is 422 g/mol. The molecular formula is C31H38ClN. The molecule has 0 heterocycles. The van der Waals surface area contributed by atoms with Crippen LogP contribution in [0.15, 0.2) is 103 Å². The quantitative estimate of drug-likeness (QED) is 0.242. The highest BCUT2D eigenvalue weighted by atomic mass is 35.5. The van der Waals surface area contributed by atoms with Gasteiger partial charge in [-0.1, -0.05) is 105 Å². The van der Waals surface area contributed by atoms with Crippen molar-refractivity contribution in [2.24, 2.45) is 0 Å². The molecule has 0 spiro atoms. The Labute approximate surface area is 206 Å². The second-order valence-corrected chi connectivity index (χ2v) is 9.37. The number of rotatable bonds is 12. The Morgan fingerprint density at radius 1 is 0.939 bits per heavy atom. The van der Waals surface area contributed by atoms with Gasteiger partial charge in [0, 0.05) is 17.1 Å². The van der Waals surface area contributed by atoms with Crippen LogP contribution in [0.25, 0.3) is 0 Å². The van der Waals surface area contributed by atoms with Crippen LogP contribution in [0, 0.1) is 0 Å². The summed E-state index contributed by atoms with van der Waals surface area (Å²) in [5.41, 5.74) is 7.12. The second-order valence-electron chi connectivity index (χ2n) is 8.93. The molecule has 0 aliphatic heterocycles. The third-order valence-corrected chi connectivity index (χ3v) is 6.89. The maximum Gasteiger partial charge on any atom is 0.0408 e. The van der Waals surface area contributed by atoms with E-state index in [1.807, 2.05) is 12.3 Å². The van der Waals surface area contributed by atoms with Crippen molar-refractivity contribution in [3.63, 3.8) is 0 Å². The minimum absolute atomic E-state index is 0.458. The van der Waals surface area contributed by atoms with Crippen LogP contribution in [0.2, 0.25) is 5.02 Å². The smallest absolute Gasteiger partial charge is 0.0408 e. The lowest BCUT2D eigenvalue weighted by Crippen LogP contribution is -2.05. The summed E-state index contributed by atoms with van der Waals surface area (Å²) in [6, 6.07) is 6.53. The molecule has 0 aromatic heterocycles. The van der Waals surface area contributed by atoms with Crippen LogP contribution in [0.5, 0.6) is 0 Å². The molecule has 1 unspecified atom stereocenters. The highest BCUT2D eigenvalue weighted by molar-refractivity contribution is 6.30. The molecule has 33 heavy (non-hydrogen) atoms. The van der Waals surface area contributed by atoms with Crippen LogP contribution in [0.3, 0.4) is 0 Å². The van der Waals surface area contributed by atoms with Gasteiger partial charge in [0.2, 0.25) is 0 Å². The molecule has 3 rings (SSSR count). The number of aryl methyl sites for hydroxylation is 1. The Balaban J connectivity index is 1.54. The van der Waals surface area contributed by atoms with Gasteiger partial charge in [0.1, 0.15) is 0 Å². The summed E-state index contributed by atoms with van der Waals surface area (Å²) in [6.45, 7) is 7.58. The van der Waals surface area contributed by atoms with Gasteiger partial charge in [-0.2, -0.15) is 0 Å². The lowest BCUT2D eigenvalue weighted by molar-refractivity contribution is 0.560. The molecule has 1 nitrogen and oxygen atoms in total. The monoisotopic (exact) mass is 459 g/mol. The van der Waals surface area contributed by atoms with Gasteiger partial charge in [-0.3, -0.25) is 0 Å². The van der Waals surface area contributed by atoms with Crippen LogP contribution < -0.4 is 5.32 Å². The van der Waals surface area contributed by atoms with Crippen molar-refractivity contribution in [2.75, 3.05) is 0 Å². The number of unbranched alkanes of at least 4 members (excludes halogenated alkanes) is 5. The van der Waals surface area contributed by atoms with Crippen LogP contribution >= 0.6 is 11.6 Å². The Morgan fingerprint density at radius 3 is 2.48 bits per heavy atom. The van der Waals surface area contributed by atoms with E-state index in [9.17, 15) is 0 Å². The van der Waals surface area contributed by atoms with E-state index < -0.39 is 0 Å². The summed E-state index contributed by atoms with van der Waals surface area (Å²) in [5, 5.41) is 3.90. The zero-order chi connectivity index (χ0) is 23.3. The van der Waals surface area contributed by atoms with Crippen molar-refractivity contribution in [3.05, 3.63) is 119 Å². The maximum atomic E-state index is 6.36. The van der Waals surface area contributed by atoms with Gasteiger partial charge in [-0.05, 0) is 78.3 Å². The Kier molecular flexibility index (Phi) is 10.6. The normalized spacial score (nSPS) is 22.7. The van der Waals surface area contributed by atoms with Gasteiger partial charge in [0.05, 0.1) is 0 Å². The zero-order valence-corrected chi connectivity index (χ0v) is 20.6. The van der Waals surface area contributed by atoms with Crippen molar-refractivity contribution >= 4 is 11.6 Å². The summed E-state index contributed by atoms with van der Waals surface area (Å²) in [7, 11) is 0. The van der Waals surface area contributed by atoms with E-state index in [-0.39, 0.29) is 0 Å². The lowest BCUT2D eigenvalue weighted by Gasteiger charge is -2.22. The molecule has 2 aliphatic carbocycles. The van der Waals surface area contributed by atoms with Gasteiger partial charge in [0.25, 0.3) is 0 Å². The van der Waals surface area contributed by atoms with E-state index in [1.165, 1.54) is 72.8 Å². The predicted octanol–water partition coefficient (Wildman–Crippen LogP) is 9.27. The molecule has 0 saturated carbocycles. The minimum Gasteiger partial charge on any atom is -0.368 e. The minimum atomic E-state index is 0.458. The average Bonchev–Trinajstić information content (AvgIpc) is 2.93. The van der Waals surface area contributed by atoms with Crippen molar-refractivity contribution < 1.29 is 0 Å². The van der Waals surface area contributed by atoms with Crippen LogP contribution in [-0.2, 0) is 6.42 Å². The number of hydrogen-bond donors (Lipinski definition) is 1. The molecule has 1 aromatic rings. The summed E-state index contributed by atoms with van der Waals surface area (Å²) in [5.74, 6) is 0.458. The van der Waals surface area contributed by atoms with Crippen molar-refractivity contribution in [2.45, 2.75) is 70.1 Å². The van der Waals surface area contributed by atoms with E-state index in [0.717, 1.165) is 24.3 Å². The van der Waals surface area contributed by atoms with Crippen molar-refractivity contribution in [1.29, 1.82) is 0 Å². The molecule has 2 heteroatoms. The van der Waals surface area contributed by atoms with Gasteiger partial charge in [-0.25, -0.2) is 0 Å². The van der Waals surface area contributed by atoms with E-state index in [1.54, 1.807) is 6.20 Å². The van der Waals surface area contributed by atoms with Crippen LogP contribution in [0.4, 0.5) is 0 Å². The summed E-state index contributed by atoms with van der Waals surface area (Å²) >= 11 is 6.36. The molecule has 1 N–H and O–H groups in total. The molecule has 1 atom stereocenters. The van der Waals surface area contributed by atoms with Crippen LogP contribution in [-0.4, -0.2) is 0 Å². The molecule has 0 radical (unpaired) electrons. The molecule has 0 bridgehead atoms. The second kappa shape index (κ2) is 13.9. The van der Waals surface area contributed by atoms with Gasteiger partial charge < -0.3 is 5.32 Å². The SMILES string of the molecule is C=CN/C=C(\C=C)CCCCCCCCC1C2=C\C=C\C=C/C=C\2CCc2cc(Cl)ccc21. The number of hydrogen-bond acceptors (Lipinski definition) is 1. The first-order valence-electron chi connectivity index (χ1n) is 12.4. The van der Waals surface area contributed by atoms with E-state index in [2.05, 4.69) is 73.1 Å². The summed E-state index contributed by atoms with van der Waals surface area (Å²) in [4.78, 5) is 0. The highest BCUT2D eigenvalue weighted by Gasteiger charge is 2.25. The molecule has 2 aliphatic rings. The van der Waals surface area contributed by atoms with Gasteiger partial charge in [-0.15, -0.1) is 0 Å². The summed E-state index contributed by atoms with van der Waals surface area (Å²) in [6.07, 6.45) is 31.0. The standard InChI is InChI=1S/C31H38ClN/c1-3-25(24-33-4-2)15-11-7-5-6-8-14-18-31-29-17-13-10-9-12-16-26(29)19-20-27-23-28(32)21-22-30(27)31/h3-4,9-10,12-13,16-17,21-24,31,33H,1-2,5-8,11,14-15,18-20H2/b10-9?,12-9-,13-10+,16-12?,17-13?,25-24+,26-16-,29-17-. The first-order chi connectivity index (χ1) is 16.2. The fraction of sp³-hybridized carbons (Fsp3) is 0.355. The molecule has 0 amide bonds. The van der Waals surface area contributed by atoms with Crippen LogP contribution in [0.1, 0.15) is 74.8 Å². The predicted molar refractivity (Wildman–Crippen MR) is 146 cm³/mol. The van der Waals surface area contributed by atoms with Crippen molar-refractivity contribution in [3.8, 4) is 0 Å².